The Kier molecular flexibility index (Phi) is 10.1. The lowest BCUT2D eigenvalue weighted by Crippen LogP contribution is -2.44. The number of aliphatic hydroxyl groups is 2. The average Bonchev–Trinajstić information content (AvgIpc) is 3.79. The molecule has 2 aliphatic rings. The van der Waals surface area contributed by atoms with E-state index >= 15 is 0 Å². The van der Waals surface area contributed by atoms with E-state index in [0.29, 0.717) is 57.4 Å². The van der Waals surface area contributed by atoms with E-state index in [2.05, 4.69) is 15.5 Å². The third-order valence-corrected chi connectivity index (χ3v) is 10.3. The van der Waals surface area contributed by atoms with Crippen molar-refractivity contribution >= 4 is 34.4 Å². The summed E-state index contributed by atoms with van der Waals surface area (Å²) in [6.45, 7) is 5.32. The first kappa shape index (κ1) is 38.1. The topological polar surface area (TPSA) is 204 Å². The third-order valence-electron chi connectivity index (χ3n) is 10.0. The predicted molar refractivity (Wildman–Crippen MR) is 207 cm³/mol. The van der Waals surface area contributed by atoms with Crippen molar-refractivity contribution in [2.24, 2.45) is 7.05 Å². The van der Waals surface area contributed by atoms with Crippen LogP contribution in [-0.4, -0.2) is 69.0 Å². The Hall–Kier alpha value is -6.16. The second-order valence-electron chi connectivity index (χ2n) is 13.7. The number of aromatic hydroxyl groups is 1. The van der Waals surface area contributed by atoms with Crippen molar-refractivity contribution in [3.05, 3.63) is 121 Å². The van der Waals surface area contributed by atoms with Crippen LogP contribution in [-0.2, 0) is 41.8 Å². The van der Waals surface area contributed by atoms with E-state index in [4.69, 9.17) is 26.4 Å². The number of halogens is 1. The highest BCUT2D eigenvalue weighted by Gasteiger charge is 2.45. The van der Waals surface area contributed by atoms with Gasteiger partial charge in [0.15, 0.2) is 5.60 Å². The Morgan fingerprint density at radius 1 is 1.05 bits per heavy atom. The Morgan fingerprint density at radius 2 is 1.80 bits per heavy atom. The van der Waals surface area contributed by atoms with Crippen molar-refractivity contribution in [3.8, 4) is 34.1 Å². The molecular weight excluding hydrogens is 742 g/mol. The zero-order chi connectivity index (χ0) is 40.1. The number of ether oxygens (including phenoxy) is 1. The number of carbonyl (C=O) groups is 2. The van der Waals surface area contributed by atoms with Gasteiger partial charge in [0.2, 0.25) is 0 Å². The fourth-order valence-electron chi connectivity index (χ4n) is 7.01. The molecule has 0 bridgehead atoms. The van der Waals surface area contributed by atoms with E-state index in [-0.39, 0.29) is 36.5 Å². The first-order valence-electron chi connectivity index (χ1n) is 17.9. The molecule has 2 atom stereocenters. The van der Waals surface area contributed by atoms with Gasteiger partial charge in [-0.3, -0.25) is 19.1 Å². The Balaban J connectivity index is 0.000000172. The van der Waals surface area contributed by atoms with Crippen LogP contribution in [0, 0.1) is 0 Å². The Bertz CT molecular complexity index is 2670. The first-order chi connectivity index (χ1) is 26.8. The number of esters is 1. The summed E-state index contributed by atoms with van der Waals surface area (Å²) in [5, 5.41) is 42.4. The zero-order valence-electron chi connectivity index (χ0n) is 30.9. The number of aliphatic hydroxyl groups excluding tert-OH is 1. The number of rotatable bonds is 7. The van der Waals surface area contributed by atoms with Gasteiger partial charge < -0.3 is 29.9 Å². The molecule has 0 saturated carbocycles. The molecule has 0 saturated heterocycles. The molecule has 4 aromatic heterocycles. The predicted octanol–water partition coefficient (Wildman–Crippen LogP) is 3.74. The number of hydrogen-bond acceptors (Lipinski definition) is 11. The van der Waals surface area contributed by atoms with Crippen molar-refractivity contribution in [2.75, 3.05) is 6.61 Å². The molecule has 6 heterocycles. The van der Waals surface area contributed by atoms with Crippen LogP contribution < -0.4 is 16.4 Å². The number of aromatic nitrogens is 6. The first-order valence-corrected chi connectivity index (χ1v) is 18.3. The molecule has 0 aliphatic carbocycles. The quantitative estimate of drug-likeness (QED) is 0.172. The standard InChI is InChI=1S/C22H20N2O5.C18H18ClN5O3/c1-3-12-13-7-11(25)5-6-17(13)23-19-14(12)9-24-18(19)8-16-15(20(24)26)10-29-21(27)22(16,28)4-2;1-11(10-25)21-17(26)15-7-16(12-3-5-13(19)6-4-12)22-24(18(15)27)14-8-20-23(2)9-14/h5-8,25,28H,3-4,9-10H2,1-2H3;3-9,11,25H,10H2,1-2H3,(H,21,26)/t22-;/m0./s1. The van der Waals surface area contributed by atoms with Gasteiger partial charge in [0.05, 0.1) is 53.7 Å². The number of carbonyl (C=O) groups excluding carboxylic acids is 2. The molecular formula is C40H38ClN7O8. The maximum Gasteiger partial charge on any atom is 0.343 e. The van der Waals surface area contributed by atoms with Gasteiger partial charge in [0, 0.05) is 40.2 Å². The minimum atomic E-state index is -1.83. The normalized spacial score (nSPS) is 15.9. The van der Waals surface area contributed by atoms with Gasteiger partial charge in [0.1, 0.15) is 23.6 Å². The lowest BCUT2D eigenvalue weighted by atomic mass is 9.86. The monoisotopic (exact) mass is 779 g/mol. The summed E-state index contributed by atoms with van der Waals surface area (Å²) in [6, 6.07) is 14.6. The molecule has 0 fully saturated rings. The number of fused-ring (bicyclic) bond motifs is 5. The molecule has 1 unspecified atom stereocenters. The summed E-state index contributed by atoms with van der Waals surface area (Å²) in [5.74, 6) is -1.15. The van der Waals surface area contributed by atoms with Crippen LogP contribution in [0.3, 0.4) is 0 Å². The van der Waals surface area contributed by atoms with E-state index in [1.165, 1.54) is 16.9 Å². The summed E-state index contributed by atoms with van der Waals surface area (Å²) >= 11 is 5.93. The fourth-order valence-corrected chi connectivity index (χ4v) is 7.14. The van der Waals surface area contributed by atoms with Crippen LogP contribution in [0.5, 0.6) is 5.75 Å². The van der Waals surface area contributed by atoms with Crippen molar-refractivity contribution in [1.29, 1.82) is 0 Å². The smallest absolute Gasteiger partial charge is 0.343 e. The Morgan fingerprint density at radius 3 is 2.46 bits per heavy atom. The molecule has 1 amide bonds. The molecule has 2 aromatic carbocycles. The zero-order valence-corrected chi connectivity index (χ0v) is 31.7. The van der Waals surface area contributed by atoms with E-state index in [1.807, 2.05) is 6.92 Å². The van der Waals surface area contributed by atoms with E-state index in [9.17, 15) is 29.4 Å². The molecule has 8 rings (SSSR count). The molecule has 0 spiro atoms. The lowest BCUT2D eigenvalue weighted by Gasteiger charge is -2.31. The number of hydrogen-bond donors (Lipinski definition) is 4. The minimum absolute atomic E-state index is 0.0842. The highest BCUT2D eigenvalue weighted by Crippen LogP contribution is 2.40. The molecule has 56 heavy (non-hydrogen) atoms. The molecule has 16 heteroatoms. The van der Waals surface area contributed by atoms with Crippen LogP contribution in [0.4, 0.5) is 0 Å². The van der Waals surface area contributed by atoms with Gasteiger partial charge in [-0.1, -0.05) is 37.6 Å². The Labute approximate surface area is 324 Å². The highest BCUT2D eigenvalue weighted by molar-refractivity contribution is 6.30. The molecule has 4 N–H and O–H groups in total. The molecule has 2 aliphatic heterocycles. The number of nitrogens with zero attached hydrogens (tertiary/aromatic N) is 6. The van der Waals surface area contributed by atoms with Gasteiger partial charge in [-0.25, -0.2) is 9.78 Å². The van der Waals surface area contributed by atoms with Crippen LogP contribution in [0.25, 0.3) is 39.2 Å². The number of benzene rings is 2. The highest BCUT2D eigenvalue weighted by atomic mass is 35.5. The van der Waals surface area contributed by atoms with Crippen molar-refractivity contribution < 1.29 is 29.6 Å². The van der Waals surface area contributed by atoms with Crippen molar-refractivity contribution in [3.63, 3.8) is 0 Å². The van der Waals surface area contributed by atoms with E-state index in [0.717, 1.165) is 26.7 Å². The fraction of sp³-hybridized carbons (Fsp3) is 0.275. The summed E-state index contributed by atoms with van der Waals surface area (Å²) < 4.78 is 9.40. The second-order valence-corrected chi connectivity index (χ2v) is 14.1. The molecule has 6 aromatic rings. The van der Waals surface area contributed by atoms with Crippen LogP contribution in [0.2, 0.25) is 5.02 Å². The van der Waals surface area contributed by atoms with Gasteiger partial charge >= 0.3 is 5.97 Å². The lowest BCUT2D eigenvalue weighted by molar-refractivity contribution is -0.172. The van der Waals surface area contributed by atoms with Gasteiger partial charge in [-0.05, 0) is 67.8 Å². The summed E-state index contributed by atoms with van der Waals surface area (Å²) in [5.41, 5.74) is 3.36. The average molecular weight is 780 g/mol. The van der Waals surface area contributed by atoms with Crippen LogP contribution in [0.1, 0.15) is 59.8 Å². The minimum Gasteiger partial charge on any atom is -0.508 e. The van der Waals surface area contributed by atoms with Crippen LogP contribution in [0.15, 0.2) is 76.6 Å². The number of phenolic OH excluding ortho intramolecular Hbond substituents is 1. The summed E-state index contributed by atoms with van der Waals surface area (Å²) in [6.07, 6.45) is 3.93. The molecule has 288 valence electrons. The second kappa shape index (κ2) is 14.8. The maximum atomic E-state index is 13.2. The number of cyclic esters (lactones) is 1. The largest absolute Gasteiger partial charge is 0.508 e. The number of pyridine rings is 2. The summed E-state index contributed by atoms with van der Waals surface area (Å²) in [7, 11) is 1.72. The summed E-state index contributed by atoms with van der Waals surface area (Å²) in [4.78, 5) is 55.6. The maximum absolute atomic E-state index is 13.2. The number of phenols is 1. The van der Waals surface area contributed by atoms with Gasteiger partial charge in [0.25, 0.3) is 17.0 Å². The van der Waals surface area contributed by atoms with E-state index < -0.39 is 29.1 Å². The van der Waals surface area contributed by atoms with Gasteiger partial charge in [-0.15, -0.1) is 0 Å². The number of amides is 1. The SMILES string of the molecule is CC(CO)NC(=O)c1cc(-c2ccc(Cl)cc2)nn(-c2cnn(C)c2)c1=O.CCc1c2c(nc3ccc(O)cc13)-c1cc3c(c(=O)n1C2)COC(=O)[C@]3(O)CC. The van der Waals surface area contributed by atoms with Crippen molar-refractivity contribution in [1.82, 2.24) is 34.4 Å². The third kappa shape index (κ3) is 6.63. The van der Waals surface area contributed by atoms with Gasteiger partial charge in [-0.2, -0.15) is 14.9 Å². The number of aryl methyl sites for hydroxylation is 2. The van der Waals surface area contributed by atoms with Crippen LogP contribution >= 0.6 is 11.6 Å². The molecule has 0 radical (unpaired) electrons. The molecule has 15 nitrogen and oxygen atoms in total. The van der Waals surface area contributed by atoms with E-state index in [1.54, 1.807) is 80.2 Å². The van der Waals surface area contributed by atoms with Crippen molar-refractivity contribution in [2.45, 2.75) is 58.4 Å². The number of nitrogens with one attached hydrogen (secondary N) is 1.